The van der Waals surface area contributed by atoms with Crippen LogP contribution in [0.15, 0.2) is 53.8 Å². The number of carbonyl (C=O) groups excluding carboxylic acids is 1. The Bertz CT molecular complexity index is 1490. The molecular weight excluding hydrogens is 526 g/mol. The largest absolute Gasteiger partial charge is 0.303 e. The van der Waals surface area contributed by atoms with Crippen molar-refractivity contribution in [1.82, 2.24) is 19.3 Å². The summed E-state index contributed by atoms with van der Waals surface area (Å²) in [7, 11) is -4.26. The van der Waals surface area contributed by atoms with Gasteiger partial charge in [-0.15, -0.1) is 0 Å². The molecule has 13 heteroatoms. The maximum absolute atomic E-state index is 14.3. The molecule has 4 rings (SSSR count). The van der Waals surface area contributed by atoms with Crippen LogP contribution in [-0.4, -0.2) is 52.2 Å². The SMILES string of the molecule is CC(F)(F)c1ncc(-c2cc(CCC(=O)[C@@H]3C[C@@H](F)CN3S(=O)(=O)c3ccc(F)cc3)c(C#N)cn2)cn1. The van der Waals surface area contributed by atoms with Crippen LogP contribution >= 0.6 is 0 Å². The number of alkyl halides is 3. The van der Waals surface area contributed by atoms with Crippen molar-refractivity contribution in [2.45, 2.75) is 49.2 Å². The summed E-state index contributed by atoms with van der Waals surface area (Å²) in [5, 5.41) is 9.46. The van der Waals surface area contributed by atoms with Crippen LogP contribution in [0.5, 0.6) is 0 Å². The van der Waals surface area contributed by atoms with E-state index in [-0.39, 0.29) is 35.4 Å². The highest BCUT2D eigenvalue weighted by Crippen LogP contribution is 2.30. The number of aryl methyl sites for hydroxylation is 1. The fourth-order valence-corrected chi connectivity index (χ4v) is 5.78. The molecule has 38 heavy (non-hydrogen) atoms. The predicted molar refractivity (Wildman–Crippen MR) is 126 cm³/mol. The summed E-state index contributed by atoms with van der Waals surface area (Å²) in [6.07, 6.45) is 1.53. The minimum Gasteiger partial charge on any atom is -0.298 e. The summed E-state index contributed by atoms with van der Waals surface area (Å²) in [6.45, 7) is 0.157. The van der Waals surface area contributed by atoms with Crippen molar-refractivity contribution >= 4 is 15.8 Å². The fourth-order valence-electron chi connectivity index (χ4n) is 4.13. The van der Waals surface area contributed by atoms with Crippen molar-refractivity contribution in [3.8, 4) is 17.3 Å². The Morgan fingerprint density at radius 1 is 1.16 bits per heavy atom. The van der Waals surface area contributed by atoms with Crippen LogP contribution in [-0.2, 0) is 27.2 Å². The molecule has 1 fully saturated rings. The molecule has 2 aromatic heterocycles. The van der Waals surface area contributed by atoms with Crippen molar-refractivity contribution < 1.29 is 30.8 Å². The third-order valence-electron chi connectivity index (χ3n) is 6.09. The summed E-state index contributed by atoms with van der Waals surface area (Å²) < 4.78 is 81.2. The lowest BCUT2D eigenvalue weighted by atomic mass is 9.99. The zero-order valence-corrected chi connectivity index (χ0v) is 20.8. The summed E-state index contributed by atoms with van der Waals surface area (Å²) in [5.41, 5.74) is 1.15. The second-order valence-electron chi connectivity index (χ2n) is 8.87. The van der Waals surface area contributed by atoms with Gasteiger partial charge in [-0.3, -0.25) is 9.78 Å². The molecule has 0 N–H and O–H groups in total. The van der Waals surface area contributed by atoms with Crippen LogP contribution in [0.25, 0.3) is 11.3 Å². The van der Waals surface area contributed by atoms with E-state index in [2.05, 4.69) is 15.0 Å². The number of rotatable bonds is 8. The third-order valence-corrected chi connectivity index (χ3v) is 7.98. The molecule has 3 aromatic rings. The van der Waals surface area contributed by atoms with Crippen molar-refractivity contribution in [1.29, 1.82) is 5.26 Å². The molecule has 0 radical (unpaired) electrons. The highest BCUT2D eigenvalue weighted by molar-refractivity contribution is 7.89. The number of sulfonamides is 1. The molecule has 8 nitrogen and oxygen atoms in total. The standard InChI is InChI=1S/C25H21F4N5O3S/c1-25(28,29)24-32-12-17(13-33-24)21-8-15(16(10-30)11-31-21)2-7-23(35)22-9-19(27)14-34(22)38(36,37)20-5-3-18(26)4-6-20/h3-6,8,11-13,19,22H,2,7,9,14H2,1H3/t19-,22+/m1/s1. The van der Waals surface area contributed by atoms with Gasteiger partial charge in [-0.05, 0) is 42.3 Å². The Labute approximate surface area is 216 Å². The molecular formula is C25H21F4N5O3S. The number of halogens is 4. The lowest BCUT2D eigenvalue weighted by Crippen LogP contribution is -2.40. The average Bonchev–Trinajstić information content (AvgIpc) is 3.29. The number of nitrogens with zero attached hydrogens (tertiary/aromatic N) is 5. The number of ketones is 1. The van der Waals surface area contributed by atoms with E-state index >= 15 is 0 Å². The molecule has 1 aliphatic heterocycles. The van der Waals surface area contributed by atoms with Gasteiger partial charge in [0.05, 0.1) is 22.2 Å². The van der Waals surface area contributed by atoms with Crippen molar-refractivity contribution in [3.05, 3.63) is 71.7 Å². The van der Waals surface area contributed by atoms with Gasteiger partial charge < -0.3 is 0 Å². The quantitative estimate of drug-likeness (QED) is 0.392. The smallest absolute Gasteiger partial charge is 0.298 e. The first kappa shape index (κ1) is 27.3. The van der Waals surface area contributed by atoms with E-state index in [0.717, 1.165) is 28.6 Å². The highest BCUT2D eigenvalue weighted by Gasteiger charge is 2.43. The van der Waals surface area contributed by atoms with Crippen LogP contribution in [0.1, 0.15) is 36.7 Å². The normalized spacial score (nSPS) is 18.3. The van der Waals surface area contributed by atoms with Gasteiger partial charge in [0.1, 0.15) is 18.1 Å². The molecule has 1 aromatic carbocycles. The van der Waals surface area contributed by atoms with Crippen LogP contribution in [0.2, 0.25) is 0 Å². The van der Waals surface area contributed by atoms with E-state index in [0.29, 0.717) is 18.1 Å². The zero-order chi connectivity index (χ0) is 27.7. The lowest BCUT2D eigenvalue weighted by molar-refractivity contribution is -0.122. The molecule has 0 amide bonds. The molecule has 0 spiro atoms. The van der Waals surface area contributed by atoms with Crippen LogP contribution in [0.3, 0.4) is 0 Å². The number of hydrogen-bond acceptors (Lipinski definition) is 7. The molecule has 1 saturated heterocycles. The molecule has 1 aliphatic rings. The molecule has 0 aliphatic carbocycles. The zero-order valence-electron chi connectivity index (χ0n) is 20.0. The van der Waals surface area contributed by atoms with Gasteiger partial charge in [0.25, 0.3) is 0 Å². The summed E-state index contributed by atoms with van der Waals surface area (Å²) in [4.78, 5) is 24.3. The number of hydrogen-bond donors (Lipinski definition) is 0. The van der Waals surface area contributed by atoms with Gasteiger partial charge >= 0.3 is 5.92 Å². The second-order valence-corrected chi connectivity index (χ2v) is 10.8. The monoisotopic (exact) mass is 547 g/mol. The Hall–Kier alpha value is -3.76. The van der Waals surface area contributed by atoms with E-state index in [4.69, 9.17) is 0 Å². The van der Waals surface area contributed by atoms with E-state index in [1.54, 1.807) is 0 Å². The Morgan fingerprint density at radius 2 is 1.82 bits per heavy atom. The Balaban J connectivity index is 1.53. The van der Waals surface area contributed by atoms with Crippen LogP contribution < -0.4 is 0 Å². The van der Waals surface area contributed by atoms with Gasteiger partial charge in [-0.2, -0.15) is 18.3 Å². The summed E-state index contributed by atoms with van der Waals surface area (Å²) >= 11 is 0. The van der Waals surface area contributed by atoms with Crippen LogP contribution in [0, 0.1) is 17.1 Å². The maximum Gasteiger partial charge on any atom is 0.303 e. The van der Waals surface area contributed by atoms with Gasteiger partial charge in [0.2, 0.25) is 10.0 Å². The minimum absolute atomic E-state index is 0.0150. The van der Waals surface area contributed by atoms with Crippen molar-refractivity contribution in [3.63, 3.8) is 0 Å². The number of Topliss-reactive ketones (excluding diaryl/α,β-unsaturated/α-hetero) is 1. The number of pyridine rings is 1. The first-order chi connectivity index (χ1) is 17.9. The molecule has 2 atom stereocenters. The number of carbonyl (C=O) groups is 1. The lowest BCUT2D eigenvalue weighted by Gasteiger charge is -2.23. The molecule has 0 saturated carbocycles. The third kappa shape index (κ3) is 5.71. The van der Waals surface area contributed by atoms with Gasteiger partial charge in [0.15, 0.2) is 11.6 Å². The molecule has 0 unspecified atom stereocenters. The molecule has 198 valence electrons. The highest BCUT2D eigenvalue weighted by atomic mass is 32.2. The second kappa shape index (κ2) is 10.5. The topological polar surface area (TPSA) is 117 Å². The maximum atomic E-state index is 14.3. The predicted octanol–water partition coefficient (Wildman–Crippen LogP) is 3.96. The van der Waals surface area contributed by atoms with Crippen LogP contribution in [0.4, 0.5) is 17.6 Å². The Kier molecular flexibility index (Phi) is 7.57. The Morgan fingerprint density at radius 3 is 2.42 bits per heavy atom. The van der Waals surface area contributed by atoms with Gasteiger partial charge in [0, 0.05) is 50.5 Å². The van der Waals surface area contributed by atoms with E-state index in [1.165, 1.54) is 24.7 Å². The summed E-state index contributed by atoms with van der Waals surface area (Å²) in [6, 6.07) is 6.22. The average molecular weight is 548 g/mol. The van der Waals surface area contributed by atoms with Crippen molar-refractivity contribution in [2.24, 2.45) is 0 Å². The number of aromatic nitrogens is 3. The van der Waals surface area contributed by atoms with Crippen molar-refractivity contribution in [2.75, 3.05) is 6.54 Å². The van der Waals surface area contributed by atoms with Gasteiger partial charge in [-0.25, -0.2) is 27.2 Å². The van der Waals surface area contributed by atoms with Gasteiger partial charge in [-0.1, -0.05) is 0 Å². The first-order valence-corrected chi connectivity index (χ1v) is 12.9. The first-order valence-electron chi connectivity index (χ1n) is 11.4. The van der Waals surface area contributed by atoms with E-state index in [1.807, 2.05) is 6.07 Å². The van der Waals surface area contributed by atoms with E-state index in [9.17, 15) is 36.0 Å². The minimum atomic E-state index is -4.26. The number of nitriles is 1. The molecule has 3 heterocycles. The number of benzene rings is 1. The fraction of sp³-hybridized carbons (Fsp3) is 0.320. The summed E-state index contributed by atoms with van der Waals surface area (Å²) in [5.74, 6) is -5.07. The molecule has 0 bridgehead atoms. The van der Waals surface area contributed by atoms with E-state index < -0.39 is 52.1 Å².